The van der Waals surface area contributed by atoms with Crippen LogP contribution in [-0.2, 0) is 11.3 Å². The summed E-state index contributed by atoms with van der Waals surface area (Å²) in [4.78, 5) is 2.41. The highest BCUT2D eigenvalue weighted by molar-refractivity contribution is 5.37. The van der Waals surface area contributed by atoms with E-state index in [0.717, 1.165) is 31.6 Å². The quantitative estimate of drug-likeness (QED) is 0.797. The van der Waals surface area contributed by atoms with Gasteiger partial charge in [0.15, 0.2) is 0 Å². The van der Waals surface area contributed by atoms with Crippen molar-refractivity contribution >= 4 is 0 Å². The molecule has 2 rings (SSSR count). The molecule has 1 heterocycles. The summed E-state index contributed by atoms with van der Waals surface area (Å²) in [6.07, 6.45) is 1.50. The van der Waals surface area contributed by atoms with Gasteiger partial charge in [-0.05, 0) is 36.6 Å². The van der Waals surface area contributed by atoms with Crippen LogP contribution in [0.3, 0.4) is 0 Å². The largest absolute Gasteiger partial charge is 0.380 e. The molecule has 0 spiro atoms. The van der Waals surface area contributed by atoms with Crippen molar-refractivity contribution in [2.75, 3.05) is 20.2 Å². The minimum absolute atomic E-state index is 0.383. The summed E-state index contributed by atoms with van der Waals surface area (Å²) in [6.45, 7) is 5.13. The third kappa shape index (κ3) is 2.85. The standard InChI is InChI=1S/C14H18N2O/c1-11-7-12(8-15)3-4-13(11)9-16-6-5-14(10-16)17-2/h3-4,7,14H,5-6,9-10H2,1-2H3. The molecule has 0 aromatic heterocycles. The predicted molar refractivity (Wildman–Crippen MR) is 66.6 cm³/mol. The van der Waals surface area contributed by atoms with Gasteiger partial charge in [-0.25, -0.2) is 0 Å². The Kier molecular flexibility index (Phi) is 3.78. The smallest absolute Gasteiger partial charge is 0.0991 e. The minimum atomic E-state index is 0.383. The van der Waals surface area contributed by atoms with Crippen molar-refractivity contribution in [2.24, 2.45) is 0 Å². The number of nitriles is 1. The number of hydrogen-bond donors (Lipinski definition) is 0. The Morgan fingerprint density at radius 1 is 1.53 bits per heavy atom. The van der Waals surface area contributed by atoms with Crippen molar-refractivity contribution in [1.29, 1.82) is 5.26 Å². The maximum absolute atomic E-state index is 8.83. The predicted octanol–water partition coefficient (Wildman–Crippen LogP) is 2.09. The number of rotatable bonds is 3. The van der Waals surface area contributed by atoms with E-state index in [2.05, 4.69) is 24.0 Å². The van der Waals surface area contributed by atoms with Crippen LogP contribution in [0.5, 0.6) is 0 Å². The van der Waals surface area contributed by atoms with Crippen LogP contribution in [0.25, 0.3) is 0 Å². The molecule has 0 radical (unpaired) electrons. The highest BCUT2D eigenvalue weighted by atomic mass is 16.5. The first-order chi connectivity index (χ1) is 8.22. The first-order valence-electron chi connectivity index (χ1n) is 5.97. The summed E-state index contributed by atoms with van der Waals surface area (Å²) in [5.41, 5.74) is 3.24. The van der Waals surface area contributed by atoms with Gasteiger partial charge in [0, 0.05) is 26.7 Å². The van der Waals surface area contributed by atoms with Crippen molar-refractivity contribution in [3.05, 3.63) is 34.9 Å². The van der Waals surface area contributed by atoms with Crippen LogP contribution in [0, 0.1) is 18.3 Å². The van der Waals surface area contributed by atoms with Gasteiger partial charge in [-0.15, -0.1) is 0 Å². The van der Waals surface area contributed by atoms with E-state index in [9.17, 15) is 0 Å². The van der Waals surface area contributed by atoms with E-state index < -0.39 is 0 Å². The number of hydrogen-bond acceptors (Lipinski definition) is 3. The van der Waals surface area contributed by atoms with E-state index >= 15 is 0 Å². The fourth-order valence-electron chi connectivity index (χ4n) is 2.32. The number of ether oxygens (including phenoxy) is 1. The lowest BCUT2D eigenvalue weighted by atomic mass is 10.1. The zero-order chi connectivity index (χ0) is 12.3. The van der Waals surface area contributed by atoms with E-state index in [1.807, 2.05) is 12.1 Å². The first-order valence-corrected chi connectivity index (χ1v) is 5.97. The van der Waals surface area contributed by atoms with Crippen LogP contribution in [0.4, 0.5) is 0 Å². The molecule has 1 aromatic carbocycles. The van der Waals surface area contributed by atoms with Crippen LogP contribution in [0.1, 0.15) is 23.1 Å². The molecule has 0 saturated carbocycles. The van der Waals surface area contributed by atoms with Crippen LogP contribution in [0.2, 0.25) is 0 Å². The molecule has 3 nitrogen and oxygen atoms in total. The van der Waals surface area contributed by atoms with Crippen LogP contribution in [-0.4, -0.2) is 31.2 Å². The normalized spacial score (nSPS) is 20.4. The van der Waals surface area contributed by atoms with E-state index in [0.29, 0.717) is 6.10 Å². The zero-order valence-electron chi connectivity index (χ0n) is 10.4. The molecular weight excluding hydrogens is 212 g/mol. The van der Waals surface area contributed by atoms with Crippen LogP contribution < -0.4 is 0 Å². The molecule has 17 heavy (non-hydrogen) atoms. The number of nitrogens with zero attached hydrogens (tertiary/aromatic N) is 2. The molecule has 1 aromatic rings. The molecule has 1 unspecified atom stereocenters. The molecule has 0 amide bonds. The Morgan fingerprint density at radius 3 is 2.94 bits per heavy atom. The average Bonchev–Trinajstić information content (AvgIpc) is 2.79. The van der Waals surface area contributed by atoms with E-state index in [-0.39, 0.29) is 0 Å². The lowest BCUT2D eigenvalue weighted by Gasteiger charge is -2.17. The molecule has 90 valence electrons. The fraction of sp³-hybridized carbons (Fsp3) is 0.500. The summed E-state index contributed by atoms with van der Waals surface area (Å²) in [5, 5.41) is 8.83. The highest BCUT2D eigenvalue weighted by Gasteiger charge is 2.22. The first kappa shape index (κ1) is 12.1. The number of aryl methyl sites for hydroxylation is 1. The lowest BCUT2D eigenvalue weighted by Crippen LogP contribution is -2.22. The topological polar surface area (TPSA) is 36.3 Å². The van der Waals surface area contributed by atoms with Gasteiger partial charge in [0.2, 0.25) is 0 Å². The van der Waals surface area contributed by atoms with Crippen molar-refractivity contribution in [2.45, 2.75) is 26.0 Å². The highest BCUT2D eigenvalue weighted by Crippen LogP contribution is 2.18. The Bertz CT molecular complexity index is 436. The van der Waals surface area contributed by atoms with Gasteiger partial charge in [0.25, 0.3) is 0 Å². The van der Waals surface area contributed by atoms with Crippen LogP contribution >= 0.6 is 0 Å². The lowest BCUT2D eigenvalue weighted by molar-refractivity contribution is 0.107. The monoisotopic (exact) mass is 230 g/mol. The molecule has 1 aliphatic heterocycles. The number of likely N-dealkylation sites (tertiary alicyclic amines) is 1. The molecule has 1 aliphatic rings. The van der Waals surface area contributed by atoms with Gasteiger partial charge in [-0.3, -0.25) is 4.90 Å². The second-order valence-corrected chi connectivity index (χ2v) is 4.63. The SMILES string of the molecule is COC1CCN(Cc2ccc(C#N)cc2C)C1. The van der Waals surface area contributed by atoms with Crippen molar-refractivity contribution in [1.82, 2.24) is 4.90 Å². The van der Waals surface area contributed by atoms with E-state index in [1.54, 1.807) is 7.11 Å². The third-order valence-corrected chi connectivity index (χ3v) is 3.43. The molecular formula is C14H18N2O. The van der Waals surface area contributed by atoms with Gasteiger partial charge >= 0.3 is 0 Å². The molecule has 1 saturated heterocycles. The van der Waals surface area contributed by atoms with Gasteiger partial charge in [-0.2, -0.15) is 5.26 Å². The summed E-state index contributed by atoms with van der Waals surface area (Å²) >= 11 is 0. The van der Waals surface area contributed by atoms with Gasteiger partial charge in [-0.1, -0.05) is 6.07 Å². The minimum Gasteiger partial charge on any atom is -0.380 e. The molecule has 1 atom stereocenters. The maximum Gasteiger partial charge on any atom is 0.0991 e. The number of benzene rings is 1. The van der Waals surface area contributed by atoms with Gasteiger partial charge in [0.05, 0.1) is 17.7 Å². The Morgan fingerprint density at radius 2 is 2.35 bits per heavy atom. The average molecular weight is 230 g/mol. The number of methoxy groups -OCH3 is 1. The van der Waals surface area contributed by atoms with Crippen molar-refractivity contribution in [3.8, 4) is 6.07 Å². The fourth-order valence-corrected chi connectivity index (χ4v) is 2.32. The molecule has 0 N–H and O–H groups in total. The Hall–Kier alpha value is -1.37. The molecule has 3 heteroatoms. The summed E-state index contributed by atoms with van der Waals surface area (Å²) in [5.74, 6) is 0. The van der Waals surface area contributed by atoms with Crippen molar-refractivity contribution < 1.29 is 4.74 Å². The Balaban J connectivity index is 2.02. The Labute approximate surface area is 103 Å². The van der Waals surface area contributed by atoms with E-state index in [4.69, 9.17) is 10.00 Å². The summed E-state index contributed by atoms with van der Waals surface area (Å²) in [7, 11) is 1.78. The van der Waals surface area contributed by atoms with Gasteiger partial charge < -0.3 is 4.74 Å². The van der Waals surface area contributed by atoms with Gasteiger partial charge in [0.1, 0.15) is 0 Å². The molecule has 0 aliphatic carbocycles. The third-order valence-electron chi connectivity index (χ3n) is 3.43. The molecule has 1 fully saturated rings. The summed E-state index contributed by atoms with van der Waals surface area (Å²) in [6, 6.07) is 8.09. The summed E-state index contributed by atoms with van der Waals surface area (Å²) < 4.78 is 5.36. The second-order valence-electron chi connectivity index (χ2n) is 4.63. The maximum atomic E-state index is 8.83. The molecule has 0 bridgehead atoms. The zero-order valence-corrected chi connectivity index (χ0v) is 10.4. The second kappa shape index (κ2) is 5.31. The van der Waals surface area contributed by atoms with Crippen LogP contribution in [0.15, 0.2) is 18.2 Å². The van der Waals surface area contributed by atoms with Crippen molar-refractivity contribution in [3.63, 3.8) is 0 Å². The van der Waals surface area contributed by atoms with E-state index in [1.165, 1.54) is 11.1 Å².